The fourth-order valence-electron chi connectivity index (χ4n) is 2.89. The van der Waals surface area contributed by atoms with E-state index < -0.39 is 59.9 Å². The molecule has 13 heteroatoms. The molecule has 5 unspecified atom stereocenters. The van der Waals surface area contributed by atoms with Crippen LogP contribution in [0.15, 0.2) is 0 Å². The van der Waals surface area contributed by atoms with Crippen molar-refractivity contribution in [3.63, 3.8) is 0 Å². The molecule has 0 spiro atoms. The highest BCUT2D eigenvalue weighted by atomic mass is 16.4. The molecule has 0 fully saturated rings. The van der Waals surface area contributed by atoms with Gasteiger partial charge in [-0.1, -0.05) is 20.3 Å². The molecule has 11 N–H and O–H groups in total. The summed E-state index contributed by atoms with van der Waals surface area (Å²) in [6.45, 7) is 5.05. The van der Waals surface area contributed by atoms with E-state index in [1.807, 2.05) is 0 Å². The van der Waals surface area contributed by atoms with Gasteiger partial charge in [-0.2, -0.15) is 0 Å². The fraction of sp³-hybridized carbons (Fsp3) is 0.750. The monoisotopic (exact) mass is 474 g/mol. The Morgan fingerprint density at radius 1 is 0.848 bits per heavy atom. The van der Waals surface area contributed by atoms with Crippen LogP contribution in [0.3, 0.4) is 0 Å². The van der Waals surface area contributed by atoms with Gasteiger partial charge in [0.05, 0.1) is 12.1 Å². The van der Waals surface area contributed by atoms with Gasteiger partial charge in [0.2, 0.25) is 23.6 Å². The number of carbonyl (C=O) groups excluding carboxylic acids is 4. The van der Waals surface area contributed by atoms with E-state index in [1.54, 1.807) is 13.8 Å². The van der Waals surface area contributed by atoms with Crippen molar-refractivity contribution in [1.82, 2.24) is 16.0 Å². The average molecular weight is 475 g/mol. The number of hydrogen-bond donors (Lipinski definition) is 8. The molecule has 0 saturated heterocycles. The van der Waals surface area contributed by atoms with Crippen molar-refractivity contribution >= 4 is 29.6 Å². The Morgan fingerprint density at radius 3 is 1.85 bits per heavy atom. The van der Waals surface area contributed by atoms with Crippen LogP contribution in [0.25, 0.3) is 0 Å². The Morgan fingerprint density at radius 2 is 1.39 bits per heavy atom. The summed E-state index contributed by atoms with van der Waals surface area (Å²) in [5.41, 5.74) is 16.3. The second-order valence-electron chi connectivity index (χ2n) is 8.25. The lowest BCUT2D eigenvalue weighted by Crippen LogP contribution is -2.60. The topological polar surface area (TPSA) is 240 Å². The first kappa shape index (κ1) is 30.2. The van der Waals surface area contributed by atoms with E-state index >= 15 is 0 Å². The standard InChI is InChI=1S/C20H38N6O7/c1-10(2)15(25-17(29)12(22)6-4-5-9-21)18(30)26-16(11(3)27)19(31)24-13(20(32)33)7-8-14(23)28/h10-13,15-16,27H,4-9,21-22H2,1-3H3,(H2,23,28)(H,24,31)(H,25,29)(H,26,30)(H,32,33). The minimum atomic E-state index is -1.51. The van der Waals surface area contributed by atoms with Gasteiger partial charge in [0.1, 0.15) is 18.1 Å². The van der Waals surface area contributed by atoms with E-state index in [-0.39, 0.29) is 18.8 Å². The van der Waals surface area contributed by atoms with Crippen molar-refractivity contribution in [2.45, 2.75) is 83.1 Å². The summed E-state index contributed by atoms with van der Waals surface area (Å²) in [5.74, 6) is -4.80. The van der Waals surface area contributed by atoms with Crippen LogP contribution in [0.1, 0.15) is 52.9 Å². The third-order valence-electron chi connectivity index (χ3n) is 4.91. The summed E-state index contributed by atoms with van der Waals surface area (Å²) in [5, 5.41) is 26.3. The summed E-state index contributed by atoms with van der Waals surface area (Å²) in [4.78, 5) is 60.0. The van der Waals surface area contributed by atoms with E-state index in [1.165, 1.54) is 6.92 Å². The second kappa shape index (κ2) is 15.1. The number of nitrogens with one attached hydrogen (secondary N) is 3. The molecule has 0 aliphatic rings. The van der Waals surface area contributed by atoms with Crippen molar-refractivity contribution in [3.8, 4) is 0 Å². The number of primary amides is 1. The van der Waals surface area contributed by atoms with E-state index in [9.17, 15) is 34.2 Å². The van der Waals surface area contributed by atoms with Gasteiger partial charge < -0.3 is 43.4 Å². The van der Waals surface area contributed by atoms with Gasteiger partial charge in [-0.25, -0.2) is 4.79 Å². The molecule has 0 radical (unpaired) electrons. The molecule has 0 heterocycles. The number of rotatable bonds is 16. The van der Waals surface area contributed by atoms with Crippen LogP contribution >= 0.6 is 0 Å². The van der Waals surface area contributed by atoms with Crippen molar-refractivity contribution in [3.05, 3.63) is 0 Å². The molecule has 0 aromatic carbocycles. The maximum absolute atomic E-state index is 12.8. The van der Waals surface area contributed by atoms with Gasteiger partial charge in [0.15, 0.2) is 0 Å². The van der Waals surface area contributed by atoms with Gasteiger partial charge in [0, 0.05) is 6.42 Å². The molecule has 0 rings (SSSR count). The third-order valence-corrected chi connectivity index (χ3v) is 4.91. The maximum atomic E-state index is 12.8. The number of unbranched alkanes of at least 4 members (excludes halogenated alkanes) is 1. The van der Waals surface area contributed by atoms with Gasteiger partial charge in [-0.3, -0.25) is 19.2 Å². The number of carboxylic acids is 1. The van der Waals surface area contributed by atoms with Crippen molar-refractivity contribution in [2.75, 3.05) is 6.54 Å². The highest BCUT2D eigenvalue weighted by molar-refractivity contribution is 5.94. The number of hydrogen-bond acceptors (Lipinski definition) is 8. The van der Waals surface area contributed by atoms with E-state index in [0.29, 0.717) is 25.8 Å². The Kier molecular flexibility index (Phi) is 13.9. The van der Waals surface area contributed by atoms with Crippen LogP contribution in [0, 0.1) is 5.92 Å². The van der Waals surface area contributed by atoms with Gasteiger partial charge in [-0.05, 0) is 38.6 Å². The lowest BCUT2D eigenvalue weighted by atomic mass is 10.0. The molecule has 13 nitrogen and oxygen atoms in total. The first-order valence-electron chi connectivity index (χ1n) is 10.9. The third kappa shape index (κ3) is 11.6. The zero-order valence-corrected chi connectivity index (χ0v) is 19.4. The van der Waals surface area contributed by atoms with Gasteiger partial charge in [0.25, 0.3) is 0 Å². The molecular weight excluding hydrogens is 436 g/mol. The number of aliphatic carboxylic acids is 1. The first-order valence-corrected chi connectivity index (χ1v) is 10.9. The van der Waals surface area contributed by atoms with E-state index in [0.717, 1.165) is 0 Å². The number of amides is 4. The van der Waals surface area contributed by atoms with E-state index in [2.05, 4.69) is 16.0 Å². The highest BCUT2D eigenvalue weighted by Crippen LogP contribution is 2.07. The summed E-state index contributed by atoms with van der Waals surface area (Å²) in [7, 11) is 0. The largest absolute Gasteiger partial charge is 0.480 e. The molecule has 5 atom stereocenters. The van der Waals surface area contributed by atoms with Crippen molar-refractivity contribution in [1.29, 1.82) is 0 Å². The van der Waals surface area contributed by atoms with Crippen LogP contribution in [-0.2, 0) is 24.0 Å². The van der Waals surface area contributed by atoms with Crippen molar-refractivity contribution in [2.24, 2.45) is 23.1 Å². The maximum Gasteiger partial charge on any atom is 0.326 e. The first-order chi connectivity index (χ1) is 15.3. The number of aliphatic hydroxyl groups excluding tert-OH is 1. The van der Waals surface area contributed by atoms with Crippen LogP contribution in [0.4, 0.5) is 0 Å². The molecule has 0 bridgehead atoms. The molecule has 4 amide bonds. The molecule has 0 saturated carbocycles. The van der Waals surface area contributed by atoms with E-state index in [4.69, 9.17) is 17.2 Å². The predicted molar refractivity (Wildman–Crippen MR) is 119 cm³/mol. The minimum Gasteiger partial charge on any atom is -0.480 e. The molecule has 190 valence electrons. The summed E-state index contributed by atoms with van der Waals surface area (Å²) in [6.07, 6.45) is -0.192. The minimum absolute atomic E-state index is 0.260. The highest BCUT2D eigenvalue weighted by Gasteiger charge is 2.33. The molecule has 0 aromatic heterocycles. The van der Waals surface area contributed by atoms with Crippen LogP contribution in [0.2, 0.25) is 0 Å². The zero-order chi connectivity index (χ0) is 25.7. The van der Waals surface area contributed by atoms with Crippen LogP contribution in [0.5, 0.6) is 0 Å². The average Bonchev–Trinajstić information content (AvgIpc) is 2.71. The summed E-state index contributed by atoms with van der Waals surface area (Å²) >= 11 is 0. The Balaban J connectivity index is 5.26. The van der Waals surface area contributed by atoms with Gasteiger partial charge in [-0.15, -0.1) is 0 Å². The van der Waals surface area contributed by atoms with Crippen molar-refractivity contribution < 1.29 is 34.2 Å². The Hall–Kier alpha value is -2.77. The quantitative estimate of drug-likeness (QED) is 0.108. The summed E-state index contributed by atoms with van der Waals surface area (Å²) < 4.78 is 0. The molecule has 0 aromatic rings. The number of aliphatic hydroxyl groups is 1. The second-order valence-corrected chi connectivity index (χ2v) is 8.25. The molecule has 0 aliphatic carbocycles. The Bertz CT molecular complexity index is 686. The predicted octanol–water partition coefficient (Wildman–Crippen LogP) is -2.72. The SMILES string of the molecule is CC(C)C(NC(=O)C(N)CCCCN)C(=O)NC(C(=O)NC(CCC(N)=O)C(=O)O)C(C)O. The summed E-state index contributed by atoms with van der Waals surface area (Å²) in [6, 6.07) is -4.86. The zero-order valence-electron chi connectivity index (χ0n) is 19.4. The fourth-order valence-corrected chi connectivity index (χ4v) is 2.89. The normalized spacial score (nSPS) is 15.6. The molecule has 33 heavy (non-hydrogen) atoms. The molecule has 0 aliphatic heterocycles. The Labute approximate surface area is 193 Å². The lowest BCUT2D eigenvalue weighted by Gasteiger charge is -2.28. The lowest BCUT2D eigenvalue weighted by molar-refractivity contribution is -0.143. The van der Waals surface area contributed by atoms with Crippen LogP contribution < -0.4 is 33.2 Å². The smallest absolute Gasteiger partial charge is 0.326 e. The number of nitrogens with two attached hydrogens (primary N) is 3. The number of carbonyl (C=O) groups is 5. The molecular formula is C20H38N6O7. The van der Waals surface area contributed by atoms with Gasteiger partial charge >= 0.3 is 5.97 Å². The van der Waals surface area contributed by atoms with Crippen LogP contribution in [-0.4, -0.2) is 76.6 Å². The number of carboxylic acid groups (broad SMARTS) is 1.